The number of halogens is 2. The van der Waals surface area contributed by atoms with Gasteiger partial charge >= 0.3 is 0 Å². The summed E-state index contributed by atoms with van der Waals surface area (Å²) in [4.78, 5) is 17.3. The summed E-state index contributed by atoms with van der Waals surface area (Å²) in [7, 11) is 3.32. The van der Waals surface area contributed by atoms with Gasteiger partial charge in [0.15, 0.2) is 0 Å². The molecule has 1 heterocycles. The molecule has 0 aliphatic rings. The van der Waals surface area contributed by atoms with Crippen LogP contribution in [0.25, 0.3) is 0 Å². The van der Waals surface area contributed by atoms with Crippen LogP contribution in [-0.4, -0.2) is 38.1 Å². The molecule has 1 aromatic rings. The predicted octanol–water partition coefficient (Wildman–Crippen LogP) is 2.00. The van der Waals surface area contributed by atoms with Gasteiger partial charge in [0.05, 0.1) is 16.6 Å². The van der Waals surface area contributed by atoms with Crippen molar-refractivity contribution < 1.29 is 4.79 Å². The summed E-state index contributed by atoms with van der Waals surface area (Å²) in [5.74, 6) is 0.957. The van der Waals surface area contributed by atoms with Crippen molar-refractivity contribution >= 4 is 40.7 Å². The van der Waals surface area contributed by atoms with Gasteiger partial charge in [-0.15, -0.1) is 0 Å². The second-order valence-corrected chi connectivity index (χ2v) is 4.50. The highest BCUT2D eigenvalue weighted by atomic mass is 35.5. The Labute approximate surface area is 116 Å². The average Bonchev–Trinajstić information content (AvgIpc) is 2.32. The van der Waals surface area contributed by atoms with Crippen LogP contribution < -0.4 is 15.5 Å². The highest BCUT2D eigenvalue weighted by Gasteiger charge is 2.14. The first-order chi connectivity index (χ1) is 8.49. The van der Waals surface area contributed by atoms with Crippen molar-refractivity contribution in [2.24, 2.45) is 0 Å². The summed E-state index contributed by atoms with van der Waals surface area (Å²) in [5.41, 5.74) is 0. The first kappa shape index (κ1) is 14.9. The van der Waals surface area contributed by atoms with Crippen LogP contribution in [0, 0.1) is 0 Å². The number of pyridine rings is 1. The van der Waals surface area contributed by atoms with Gasteiger partial charge in [0.2, 0.25) is 5.91 Å². The van der Waals surface area contributed by atoms with Crippen LogP contribution in [0.5, 0.6) is 0 Å². The molecule has 0 bridgehead atoms. The van der Waals surface area contributed by atoms with Crippen molar-refractivity contribution in [3.8, 4) is 0 Å². The number of nitrogens with one attached hydrogen (secondary N) is 2. The van der Waals surface area contributed by atoms with E-state index in [0.29, 0.717) is 28.2 Å². The van der Waals surface area contributed by atoms with Crippen molar-refractivity contribution in [3.05, 3.63) is 16.1 Å². The Kier molecular flexibility index (Phi) is 5.50. The maximum absolute atomic E-state index is 11.3. The molecule has 1 aromatic heterocycles. The number of hydrogen-bond donors (Lipinski definition) is 2. The van der Waals surface area contributed by atoms with Crippen LogP contribution in [0.3, 0.4) is 0 Å². The molecule has 100 valence electrons. The Morgan fingerprint density at radius 3 is 2.67 bits per heavy atom. The van der Waals surface area contributed by atoms with Gasteiger partial charge in [0.25, 0.3) is 0 Å². The molecule has 0 aliphatic carbocycles. The lowest BCUT2D eigenvalue weighted by Crippen LogP contribution is -2.33. The van der Waals surface area contributed by atoms with Gasteiger partial charge in [0, 0.05) is 20.6 Å². The minimum atomic E-state index is -0.115. The third-order valence-electron chi connectivity index (χ3n) is 2.28. The Morgan fingerprint density at radius 1 is 1.44 bits per heavy atom. The van der Waals surface area contributed by atoms with E-state index >= 15 is 0 Å². The summed E-state index contributed by atoms with van der Waals surface area (Å²) >= 11 is 12.1. The summed E-state index contributed by atoms with van der Waals surface area (Å²) < 4.78 is 0. The van der Waals surface area contributed by atoms with E-state index in [1.54, 1.807) is 25.1 Å². The maximum Gasteiger partial charge on any atom is 0.239 e. The van der Waals surface area contributed by atoms with E-state index in [0.717, 1.165) is 0 Å². The average molecular weight is 291 g/mol. The molecule has 18 heavy (non-hydrogen) atoms. The zero-order valence-electron chi connectivity index (χ0n) is 10.6. The molecule has 0 spiro atoms. The minimum Gasteiger partial charge on any atom is -0.369 e. The summed E-state index contributed by atoms with van der Waals surface area (Å²) in [5, 5.41) is 6.45. The number of hydrogen-bond acceptors (Lipinski definition) is 4. The van der Waals surface area contributed by atoms with Gasteiger partial charge in [0.1, 0.15) is 11.6 Å². The van der Waals surface area contributed by atoms with Gasteiger partial charge in [-0.25, -0.2) is 4.98 Å². The normalized spacial score (nSPS) is 10.1. The topological polar surface area (TPSA) is 57.3 Å². The van der Waals surface area contributed by atoms with E-state index in [2.05, 4.69) is 15.6 Å². The fourth-order valence-electron chi connectivity index (χ4n) is 1.39. The maximum atomic E-state index is 11.3. The molecular formula is C11H16Cl2N4O. The fraction of sp³-hybridized carbons (Fsp3) is 0.455. The molecule has 0 radical (unpaired) electrons. The highest BCUT2D eigenvalue weighted by Crippen LogP contribution is 2.30. The zero-order valence-corrected chi connectivity index (χ0v) is 12.1. The zero-order chi connectivity index (χ0) is 13.7. The van der Waals surface area contributed by atoms with Crippen LogP contribution in [0.15, 0.2) is 6.07 Å². The molecule has 0 unspecified atom stereocenters. The highest BCUT2D eigenvalue weighted by molar-refractivity contribution is 6.37. The standard InChI is InChI=1S/C11H16Cl2N4O/c1-4-15-10-7(12)5-8(13)11(16-10)17(3)6-9(18)14-2/h5H,4,6H2,1-3H3,(H,14,18)(H,15,16). The summed E-state index contributed by atoms with van der Waals surface area (Å²) in [6.45, 7) is 2.82. The van der Waals surface area contributed by atoms with Crippen molar-refractivity contribution in [2.45, 2.75) is 6.92 Å². The molecule has 0 aliphatic heterocycles. The molecule has 0 saturated carbocycles. The van der Waals surface area contributed by atoms with E-state index in [9.17, 15) is 4.79 Å². The molecular weight excluding hydrogens is 275 g/mol. The second-order valence-electron chi connectivity index (χ2n) is 3.68. The van der Waals surface area contributed by atoms with Gasteiger partial charge in [-0.05, 0) is 13.0 Å². The van der Waals surface area contributed by atoms with Crippen molar-refractivity contribution in [1.82, 2.24) is 10.3 Å². The Bertz CT molecular complexity index is 439. The van der Waals surface area contributed by atoms with E-state index in [-0.39, 0.29) is 12.5 Å². The molecule has 0 atom stereocenters. The fourth-order valence-corrected chi connectivity index (χ4v) is 1.96. The lowest BCUT2D eigenvalue weighted by molar-refractivity contribution is -0.119. The second kappa shape index (κ2) is 6.66. The summed E-state index contributed by atoms with van der Waals surface area (Å²) in [6.07, 6.45) is 0. The molecule has 2 N–H and O–H groups in total. The molecule has 0 saturated heterocycles. The van der Waals surface area contributed by atoms with Gasteiger partial charge < -0.3 is 15.5 Å². The third kappa shape index (κ3) is 3.65. The van der Waals surface area contributed by atoms with Gasteiger partial charge in [-0.3, -0.25) is 4.79 Å². The monoisotopic (exact) mass is 290 g/mol. The number of likely N-dealkylation sites (N-methyl/N-ethyl adjacent to an activating group) is 2. The van der Waals surface area contributed by atoms with Gasteiger partial charge in [-0.1, -0.05) is 23.2 Å². The molecule has 0 aromatic carbocycles. The first-order valence-corrected chi connectivity index (χ1v) is 6.26. The number of nitrogens with zero attached hydrogens (tertiary/aromatic N) is 2. The molecule has 7 heteroatoms. The third-order valence-corrected chi connectivity index (χ3v) is 2.84. The SMILES string of the molecule is CCNc1nc(N(C)CC(=O)NC)c(Cl)cc1Cl. The number of carbonyl (C=O) groups is 1. The molecule has 1 rings (SSSR count). The van der Waals surface area contributed by atoms with E-state index in [1.165, 1.54) is 0 Å². The number of carbonyl (C=O) groups excluding carboxylic acids is 1. The minimum absolute atomic E-state index is 0.115. The van der Waals surface area contributed by atoms with Crippen molar-refractivity contribution in [2.75, 3.05) is 37.4 Å². The van der Waals surface area contributed by atoms with E-state index in [4.69, 9.17) is 23.2 Å². The van der Waals surface area contributed by atoms with E-state index in [1.807, 2.05) is 6.92 Å². The Morgan fingerprint density at radius 2 is 2.11 bits per heavy atom. The van der Waals surface area contributed by atoms with Gasteiger partial charge in [-0.2, -0.15) is 0 Å². The van der Waals surface area contributed by atoms with Crippen LogP contribution in [0.4, 0.5) is 11.6 Å². The lowest BCUT2D eigenvalue weighted by Gasteiger charge is -2.19. The van der Waals surface area contributed by atoms with Crippen LogP contribution >= 0.6 is 23.2 Å². The van der Waals surface area contributed by atoms with Crippen molar-refractivity contribution in [3.63, 3.8) is 0 Å². The first-order valence-electron chi connectivity index (χ1n) is 5.51. The smallest absolute Gasteiger partial charge is 0.239 e. The quantitative estimate of drug-likeness (QED) is 0.871. The summed E-state index contributed by atoms with van der Waals surface area (Å²) in [6, 6.07) is 1.61. The Hall–Kier alpha value is -1.20. The lowest BCUT2D eigenvalue weighted by atomic mass is 10.4. The molecule has 1 amide bonds. The Balaban J connectivity index is 3.00. The number of rotatable bonds is 5. The molecule has 0 fully saturated rings. The number of amides is 1. The molecule has 5 nitrogen and oxygen atoms in total. The number of aromatic nitrogens is 1. The van der Waals surface area contributed by atoms with Crippen LogP contribution in [0.1, 0.15) is 6.92 Å². The van der Waals surface area contributed by atoms with Crippen molar-refractivity contribution in [1.29, 1.82) is 0 Å². The van der Waals surface area contributed by atoms with E-state index < -0.39 is 0 Å². The van der Waals surface area contributed by atoms with Crippen LogP contribution in [-0.2, 0) is 4.79 Å². The van der Waals surface area contributed by atoms with Crippen LogP contribution in [0.2, 0.25) is 10.0 Å². The predicted molar refractivity (Wildman–Crippen MR) is 75.8 cm³/mol. The largest absolute Gasteiger partial charge is 0.369 e. The number of anilines is 2.